The minimum atomic E-state index is -1.23. The van der Waals surface area contributed by atoms with Gasteiger partial charge in [0.25, 0.3) is 5.91 Å². The number of carbonyl (C=O) groups excluding carboxylic acids is 5. The smallest absolute Gasteiger partial charge is 0.255 e. The summed E-state index contributed by atoms with van der Waals surface area (Å²) in [4.78, 5) is 74.5. The molecule has 3 heterocycles. The highest BCUT2D eigenvalue weighted by Gasteiger charge is 2.30. The number of nitrogens with zero attached hydrogens (tertiary/aromatic N) is 3. The zero-order valence-electron chi connectivity index (χ0n) is 21.8. The first kappa shape index (κ1) is 27.6. The summed E-state index contributed by atoms with van der Waals surface area (Å²) in [5.74, 6) is -1.76. The molecule has 2 aromatic rings. The van der Waals surface area contributed by atoms with E-state index in [-0.39, 0.29) is 49.2 Å². The van der Waals surface area contributed by atoms with E-state index in [0.29, 0.717) is 25.2 Å². The molecule has 4 N–H and O–H groups in total. The molecule has 4 rings (SSSR count). The third kappa shape index (κ3) is 7.33. The fraction of sp³-hybridized carbons (Fsp3) is 0.462. The number of amides is 5. The van der Waals surface area contributed by atoms with Gasteiger partial charge in [-0.3, -0.25) is 24.0 Å². The van der Waals surface area contributed by atoms with E-state index < -0.39 is 36.2 Å². The van der Waals surface area contributed by atoms with Crippen LogP contribution in [0.3, 0.4) is 0 Å². The van der Waals surface area contributed by atoms with Crippen LogP contribution < -0.4 is 20.7 Å². The molecular formula is C26H33N7O6. The number of imidazole rings is 1. The largest absolute Gasteiger partial charge is 0.491 e. The number of likely N-dealkylation sites (N-methyl/N-ethyl adjacent to an activating group) is 1. The third-order valence-electron chi connectivity index (χ3n) is 6.67. The summed E-state index contributed by atoms with van der Waals surface area (Å²) >= 11 is 0. The van der Waals surface area contributed by atoms with Crippen molar-refractivity contribution >= 4 is 29.5 Å². The average molecular weight is 540 g/mol. The molecule has 1 saturated heterocycles. The van der Waals surface area contributed by atoms with Crippen molar-refractivity contribution in [2.45, 2.75) is 37.8 Å². The summed E-state index contributed by atoms with van der Waals surface area (Å²) in [6.45, 7) is 1.46. The van der Waals surface area contributed by atoms with Crippen LogP contribution in [0.1, 0.15) is 35.3 Å². The lowest BCUT2D eigenvalue weighted by Crippen LogP contribution is -2.53. The van der Waals surface area contributed by atoms with E-state index in [9.17, 15) is 24.0 Å². The summed E-state index contributed by atoms with van der Waals surface area (Å²) in [6.07, 6.45) is 4.06. The lowest BCUT2D eigenvalue weighted by atomic mass is 10.1. The summed E-state index contributed by atoms with van der Waals surface area (Å²) in [5, 5.41) is 8.07. The number of rotatable bonds is 6. The first-order valence-corrected chi connectivity index (χ1v) is 12.9. The van der Waals surface area contributed by atoms with Gasteiger partial charge in [-0.15, -0.1) is 0 Å². The van der Waals surface area contributed by atoms with Crippen molar-refractivity contribution in [3.05, 3.63) is 48.0 Å². The molecule has 2 aliphatic heterocycles. The number of aromatic amines is 1. The van der Waals surface area contributed by atoms with Gasteiger partial charge in [0.2, 0.25) is 23.6 Å². The van der Waals surface area contributed by atoms with Gasteiger partial charge in [-0.2, -0.15) is 0 Å². The van der Waals surface area contributed by atoms with Crippen LogP contribution in [0.4, 0.5) is 0 Å². The Bertz CT molecular complexity index is 1200. The molecule has 0 radical (unpaired) electrons. The van der Waals surface area contributed by atoms with Gasteiger partial charge in [-0.05, 0) is 18.6 Å². The van der Waals surface area contributed by atoms with Gasteiger partial charge in [0.1, 0.15) is 24.4 Å². The molecule has 0 saturated carbocycles. The van der Waals surface area contributed by atoms with E-state index in [1.807, 2.05) is 0 Å². The lowest BCUT2D eigenvalue weighted by Gasteiger charge is -2.26. The number of para-hydroxylation sites is 1. The van der Waals surface area contributed by atoms with E-state index in [2.05, 4.69) is 25.9 Å². The van der Waals surface area contributed by atoms with Gasteiger partial charge < -0.3 is 35.5 Å². The third-order valence-corrected chi connectivity index (χ3v) is 6.67. The minimum absolute atomic E-state index is 0.0319. The summed E-state index contributed by atoms with van der Waals surface area (Å²) in [6, 6.07) is 4.39. The maximum atomic E-state index is 13.2. The normalized spacial score (nSPS) is 20.9. The van der Waals surface area contributed by atoms with Crippen molar-refractivity contribution in [3.63, 3.8) is 0 Å². The van der Waals surface area contributed by atoms with Crippen molar-refractivity contribution in [3.8, 4) is 5.75 Å². The van der Waals surface area contributed by atoms with Gasteiger partial charge >= 0.3 is 0 Å². The van der Waals surface area contributed by atoms with Crippen molar-refractivity contribution in [1.29, 1.82) is 0 Å². The fourth-order valence-electron chi connectivity index (χ4n) is 4.53. The van der Waals surface area contributed by atoms with Gasteiger partial charge in [0.05, 0.1) is 24.9 Å². The van der Waals surface area contributed by atoms with Gasteiger partial charge in [0.15, 0.2) is 0 Å². The van der Waals surface area contributed by atoms with Crippen LogP contribution >= 0.6 is 0 Å². The molecule has 0 bridgehead atoms. The number of aromatic nitrogens is 2. The summed E-state index contributed by atoms with van der Waals surface area (Å²) < 4.78 is 5.82. The first-order valence-electron chi connectivity index (χ1n) is 12.9. The van der Waals surface area contributed by atoms with Crippen LogP contribution in [0.15, 0.2) is 36.8 Å². The Kier molecular flexibility index (Phi) is 9.13. The number of carbonyl (C=O) groups is 5. The Labute approximate surface area is 225 Å². The van der Waals surface area contributed by atoms with Crippen molar-refractivity contribution in [2.24, 2.45) is 0 Å². The Morgan fingerprint density at radius 2 is 1.97 bits per heavy atom. The fourth-order valence-corrected chi connectivity index (χ4v) is 4.53. The van der Waals surface area contributed by atoms with E-state index in [1.54, 1.807) is 42.4 Å². The Morgan fingerprint density at radius 3 is 2.72 bits per heavy atom. The molecule has 39 heavy (non-hydrogen) atoms. The molecule has 208 valence electrons. The maximum Gasteiger partial charge on any atom is 0.255 e. The molecule has 0 unspecified atom stereocenters. The number of hydrogen-bond acceptors (Lipinski definition) is 7. The van der Waals surface area contributed by atoms with Crippen LogP contribution in [0.25, 0.3) is 0 Å². The molecule has 1 aromatic heterocycles. The van der Waals surface area contributed by atoms with Crippen molar-refractivity contribution < 1.29 is 28.7 Å². The van der Waals surface area contributed by atoms with Crippen molar-refractivity contribution in [1.82, 2.24) is 35.7 Å². The standard InChI is InChI=1S/C26H33N7O6/c1-32-11-12-39-21-6-3-2-5-18(21)24(36)31-19(25(37)28-8-10-33-9-4-7-23(33)35)14-22(34)30-20(26(32)38)13-17-15-27-16-29-17/h2-3,5-6,15-16,19-20H,4,7-14H2,1H3,(H,27,29)(H,28,37)(H,30,34)(H,31,36)/t19-,20-/m0/s1. The van der Waals surface area contributed by atoms with E-state index in [4.69, 9.17) is 4.74 Å². The van der Waals surface area contributed by atoms with Crippen molar-refractivity contribution in [2.75, 3.05) is 39.8 Å². The first-order chi connectivity index (χ1) is 18.8. The molecule has 5 amide bonds. The number of benzene rings is 1. The molecule has 0 aliphatic carbocycles. The molecular weight excluding hydrogens is 506 g/mol. The molecule has 2 aliphatic rings. The number of H-pyrrole nitrogens is 1. The molecule has 13 nitrogen and oxygen atoms in total. The summed E-state index contributed by atoms with van der Waals surface area (Å²) in [7, 11) is 1.60. The predicted octanol–water partition coefficient (Wildman–Crippen LogP) is -0.785. The Hall–Kier alpha value is -4.42. The van der Waals surface area contributed by atoms with Gasteiger partial charge in [0, 0.05) is 51.4 Å². The van der Waals surface area contributed by atoms with E-state index in [1.165, 1.54) is 11.2 Å². The number of hydrogen-bond donors (Lipinski definition) is 4. The highest BCUT2D eigenvalue weighted by atomic mass is 16.5. The number of likely N-dealkylation sites (tertiary alicyclic amines) is 1. The highest BCUT2D eigenvalue weighted by Crippen LogP contribution is 2.19. The van der Waals surface area contributed by atoms with Crippen LogP contribution in [0, 0.1) is 0 Å². The zero-order chi connectivity index (χ0) is 27.8. The molecule has 13 heteroatoms. The minimum Gasteiger partial charge on any atom is -0.491 e. The quantitative estimate of drug-likeness (QED) is 0.374. The number of ether oxygens (including phenoxy) is 1. The second-order valence-corrected chi connectivity index (χ2v) is 9.51. The zero-order valence-corrected chi connectivity index (χ0v) is 21.8. The topological polar surface area (TPSA) is 166 Å². The molecule has 1 fully saturated rings. The maximum absolute atomic E-state index is 13.2. The van der Waals surface area contributed by atoms with Crippen LogP contribution in [-0.2, 0) is 25.6 Å². The molecule has 2 atom stereocenters. The Morgan fingerprint density at radius 1 is 1.15 bits per heavy atom. The monoisotopic (exact) mass is 539 g/mol. The molecule has 0 spiro atoms. The van der Waals surface area contributed by atoms with Crippen LogP contribution in [-0.4, -0.2) is 101 Å². The average Bonchev–Trinajstić information content (AvgIpc) is 3.58. The SMILES string of the molecule is CN1CCOc2ccccc2C(=O)N[C@H](C(=O)NCCN2CCCC2=O)CC(=O)N[C@@H](Cc2cnc[nH]2)C1=O. The van der Waals surface area contributed by atoms with Gasteiger partial charge in [-0.25, -0.2) is 4.98 Å². The second-order valence-electron chi connectivity index (χ2n) is 9.51. The van der Waals surface area contributed by atoms with Crippen LogP contribution in [0.5, 0.6) is 5.75 Å². The number of nitrogens with one attached hydrogen (secondary N) is 4. The predicted molar refractivity (Wildman–Crippen MR) is 138 cm³/mol. The summed E-state index contributed by atoms with van der Waals surface area (Å²) in [5.41, 5.74) is 0.842. The van der Waals surface area contributed by atoms with Crippen LogP contribution in [0.2, 0.25) is 0 Å². The highest BCUT2D eigenvalue weighted by molar-refractivity contribution is 6.01. The van der Waals surface area contributed by atoms with Gasteiger partial charge in [-0.1, -0.05) is 12.1 Å². The lowest BCUT2D eigenvalue weighted by molar-refractivity contribution is -0.136. The van der Waals surface area contributed by atoms with E-state index >= 15 is 0 Å². The Balaban J connectivity index is 1.53. The second kappa shape index (κ2) is 12.9. The number of fused-ring (bicyclic) bond motifs is 1. The molecule has 1 aromatic carbocycles. The van der Waals surface area contributed by atoms with E-state index in [0.717, 1.165) is 6.42 Å².